The maximum atomic E-state index is 5.79. The number of nitrogens with one attached hydrogen (secondary N) is 1. The first-order chi connectivity index (χ1) is 7.94. The standard InChI is InChI=1S/C15H29NO/c1-11-7-12(2)9-14(8-11)16-13-5-6-17-15(3,4)10-13/h11-14,16H,5-10H2,1-4H3. The van der Waals surface area contributed by atoms with Crippen molar-refractivity contribution in [1.82, 2.24) is 5.32 Å². The predicted octanol–water partition coefficient (Wildman–Crippen LogP) is 3.36. The van der Waals surface area contributed by atoms with Gasteiger partial charge in [-0.15, -0.1) is 0 Å². The lowest BCUT2D eigenvalue weighted by molar-refractivity contribution is -0.0651. The van der Waals surface area contributed by atoms with Gasteiger partial charge in [-0.25, -0.2) is 0 Å². The van der Waals surface area contributed by atoms with E-state index in [0.29, 0.717) is 6.04 Å². The largest absolute Gasteiger partial charge is 0.375 e. The minimum Gasteiger partial charge on any atom is -0.375 e. The van der Waals surface area contributed by atoms with Crippen molar-refractivity contribution in [3.05, 3.63) is 0 Å². The predicted molar refractivity (Wildman–Crippen MR) is 72.2 cm³/mol. The molecular weight excluding hydrogens is 210 g/mol. The summed E-state index contributed by atoms with van der Waals surface area (Å²) in [7, 11) is 0. The third-order valence-electron chi connectivity index (χ3n) is 4.35. The monoisotopic (exact) mass is 239 g/mol. The van der Waals surface area contributed by atoms with Gasteiger partial charge in [-0.1, -0.05) is 13.8 Å². The van der Waals surface area contributed by atoms with Crippen molar-refractivity contribution in [3.63, 3.8) is 0 Å². The molecule has 17 heavy (non-hydrogen) atoms. The topological polar surface area (TPSA) is 21.3 Å². The minimum absolute atomic E-state index is 0.0712. The average Bonchev–Trinajstić information content (AvgIpc) is 2.13. The molecule has 100 valence electrons. The summed E-state index contributed by atoms with van der Waals surface area (Å²) in [6, 6.07) is 1.41. The SMILES string of the molecule is CC1CC(C)CC(NC2CCOC(C)(C)C2)C1. The molecule has 0 amide bonds. The van der Waals surface area contributed by atoms with Crippen molar-refractivity contribution in [1.29, 1.82) is 0 Å². The quantitative estimate of drug-likeness (QED) is 0.798. The average molecular weight is 239 g/mol. The second-order valence-corrected chi connectivity index (χ2v) is 7.08. The van der Waals surface area contributed by atoms with Crippen LogP contribution in [0.15, 0.2) is 0 Å². The summed E-state index contributed by atoms with van der Waals surface area (Å²) in [4.78, 5) is 0. The molecule has 2 heteroatoms. The first-order valence-electron chi connectivity index (χ1n) is 7.34. The second kappa shape index (κ2) is 5.27. The molecule has 0 aromatic rings. The van der Waals surface area contributed by atoms with Gasteiger partial charge in [0, 0.05) is 18.7 Å². The maximum Gasteiger partial charge on any atom is 0.0641 e. The molecule has 0 aromatic carbocycles. The molecule has 1 N–H and O–H groups in total. The fraction of sp³-hybridized carbons (Fsp3) is 1.00. The summed E-state index contributed by atoms with van der Waals surface area (Å²) in [6.07, 6.45) is 6.48. The van der Waals surface area contributed by atoms with Gasteiger partial charge >= 0.3 is 0 Å². The van der Waals surface area contributed by atoms with Gasteiger partial charge in [0.1, 0.15) is 0 Å². The molecule has 2 nitrogen and oxygen atoms in total. The summed E-state index contributed by atoms with van der Waals surface area (Å²) in [5, 5.41) is 3.89. The highest BCUT2D eigenvalue weighted by Gasteiger charge is 2.31. The van der Waals surface area contributed by atoms with Crippen molar-refractivity contribution < 1.29 is 4.74 Å². The van der Waals surface area contributed by atoms with Crippen LogP contribution < -0.4 is 5.32 Å². The van der Waals surface area contributed by atoms with E-state index in [4.69, 9.17) is 4.74 Å². The van der Waals surface area contributed by atoms with Gasteiger partial charge in [0.15, 0.2) is 0 Å². The van der Waals surface area contributed by atoms with Crippen LogP contribution >= 0.6 is 0 Å². The molecule has 2 fully saturated rings. The second-order valence-electron chi connectivity index (χ2n) is 7.08. The van der Waals surface area contributed by atoms with E-state index in [1.165, 1.54) is 25.7 Å². The van der Waals surface area contributed by atoms with Gasteiger partial charge < -0.3 is 10.1 Å². The van der Waals surface area contributed by atoms with Crippen molar-refractivity contribution in [2.75, 3.05) is 6.61 Å². The number of hydrogen-bond donors (Lipinski definition) is 1. The van der Waals surface area contributed by atoms with Crippen molar-refractivity contribution >= 4 is 0 Å². The van der Waals surface area contributed by atoms with Crippen LogP contribution in [0.25, 0.3) is 0 Å². The van der Waals surface area contributed by atoms with E-state index in [2.05, 4.69) is 33.0 Å². The van der Waals surface area contributed by atoms with Crippen molar-refractivity contribution in [2.24, 2.45) is 11.8 Å². The molecule has 2 aliphatic rings. The molecule has 0 spiro atoms. The van der Waals surface area contributed by atoms with Gasteiger partial charge in [-0.2, -0.15) is 0 Å². The van der Waals surface area contributed by atoms with Crippen LogP contribution in [0.4, 0.5) is 0 Å². The minimum atomic E-state index is 0.0712. The number of ether oxygens (including phenoxy) is 1. The molecular formula is C15H29NO. The fourth-order valence-corrected chi connectivity index (χ4v) is 3.79. The first kappa shape index (κ1) is 13.4. The fourth-order valence-electron chi connectivity index (χ4n) is 3.79. The van der Waals surface area contributed by atoms with E-state index in [-0.39, 0.29) is 5.60 Å². The van der Waals surface area contributed by atoms with E-state index in [1.54, 1.807) is 0 Å². The third-order valence-corrected chi connectivity index (χ3v) is 4.35. The Bertz CT molecular complexity index is 241. The lowest BCUT2D eigenvalue weighted by Gasteiger charge is -2.40. The van der Waals surface area contributed by atoms with Crippen LogP contribution in [0, 0.1) is 11.8 Å². The van der Waals surface area contributed by atoms with Crippen LogP contribution in [0.1, 0.15) is 59.8 Å². The van der Waals surface area contributed by atoms with E-state index in [9.17, 15) is 0 Å². The Labute approximate surface area is 107 Å². The molecule has 0 bridgehead atoms. The van der Waals surface area contributed by atoms with Gasteiger partial charge in [0.25, 0.3) is 0 Å². The summed E-state index contributed by atoms with van der Waals surface area (Å²) in [5.41, 5.74) is 0.0712. The van der Waals surface area contributed by atoms with Crippen molar-refractivity contribution in [2.45, 2.75) is 77.5 Å². The lowest BCUT2D eigenvalue weighted by Crippen LogP contribution is -2.49. The summed E-state index contributed by atoms with van der Waals surface area (Å²) in [5.74, 6) is 1.79. The van der Waals surface area contributed by atoms with Gasteiger partial charge in [0.05, 0.1) is 5.60 Å². The van der Waals surface area contributed by atoms with E-state index in [0.717, 1.165) is 30.9 Å². The molecule has 1 aliphatic carbocycles. The molecule has 1 saturated carbocycles. The Morgan fingerprint density at radius 3 is 2.24 bits per heavy atom. The van der Waals surface area contributed by atoms with E-state index < -0.39 is 0 Å². The number of hydrogen-bond acceptors (Lipinski definition) is 2. The molecule has 1 saturated heterocycles. The normalized spacial score (nSPS) is 42.4. The summed E-state index contributed by atoms with van der Waals surface area (Å²) in [6.45, 7) is 10.2. The van der Waals surface area contributed by atoms with Crippen LogP contribution in [-0.2, 0) is 4.74 Å². The number of rotatable bonds is 2. The summed E-state index contributed by atoms with van der Waals surface area (Å²) >= 11 is 0. The molecule has 1 aliphatic heterocycles. The van der Waals surface area contributed by atoms with E-state index >= 15 is 0 Å². The molecule has 0 aromatic heterocycles. The zero-order valence-corrected chi connectivity index (χ0v) is 12.0. The van der Waals surface area contributed by atoms with Crippen LogP contribution in [0.2, 0.25) is 0 Å². The van der Waals surface area contributed by atoms with Crippen molar-refractivity contribution in [3.8, 4) is 0 Å². The summed E-state index contributed by atoms with van der Waals surface area (Å²) < 4.78 is 5.79. The molecule has 1 heterocycles. The van der Waals surface area contributed by atoms with E-state index in [1.807, 2.05) is 0 Å². The Balaban J connectivity index is 1.83. The molecule has 3 atom stereocenters. The lowest BCUT2D eigenvalue weighted by atomic mass is 9.79. The first-order valence-corrected chi connectivity index (χ1v) is 7.34. The highest BCUT2D eigenvalue weighted by atomic mass is 16.5. The highest BCUT2D eigenvalue weighted by molar-refractivity contribution is 4.87. The van der Waals surface area contributed by atoms with Crippen LogP contribution in [0.3, 0.4) is 0 Å². The van der Waals surface area contributed by atoms with Crippen LogP contribution in [-0.4, -0.2) is 24.3 Å². The maximum absolute atomic E-state index is 5.79. The van der Waals surface area contributed by atoms with Gasteiger partial charge in [0.2, 0.25) is 0 Å². The molecule has 2 rings (SSSR count). The van der Waals surface area contributed by atoms with Crippen LogP contribution in [0.5, 0.6) is 0 Å². The highest BCUT2D eigenvalue weighted by Crippen LogP contribution is 2.30. The third kappa shape index (κ3) is 3.96. The zero-order valence-electron chi connectivity index (χ0n) is 12.0. The Kier molecular flexibility index (Phi) is 4.14. The Hall–Kier alpha value is -0.0800. The Morgan fingerprint density at radius 2 is 1.65 bits per heavy atom. The zero-order chi connectivity index (χ0) is 12.5. The molecule has 3 unspecified atom stereocenters. The van der Waals surface area contributed by atoms with Gasteiger partial charge in [-0.3, -0.25) is 0 Å². The molecule has 0 radical (unpaired) electrons. The Morgan fingerprint density at radius 1 is 1.00 bits per heavy atom. The smallest absolute Gasteiger partial charge is 0.0641 e. The van der Waals surface area contributed by atoms with Gasteiger partial charge in [-0.05, 0) is 57.8 Å².